The van der Waals surface area contributed by atoms with Crippen molar-refractivity contribution in [3.63, 3.8) is 0 Å². The zero-order valence-electron chi connectivity index (χ0n) is 11.5. The Morgan fingerprint density at radius 3 is 2.84 bits per heavy atom. The maximum absolute atomic E-state index is 13.7. The zero-order chi connectivity index (χ0) is 14.0. The van der Waals surface area contributed by atoms with Gasteiger partial charge in [-0.1, -0.05) is 20.3 Å². The van der Waals surface area contributed by atoms with E-state index < -0.39 is 5.82 Å². The number of carbonyl (C=O) groups is 1. The molecule has 1 aromatic rings. The van der Waals surface area contributed by atoms with Crippen LogP contribution in [0.4, 0.5) is 10.1 Å². The van der Waals surface area contributed by atoms with Gasteiger partial charge in [0.15, 0.2) is 0 Å². The van der Waals surface area contributed by atoms with Gasteiger partial charge in [0, 0.05) is 11.7 Å². The first-order valence-electron chi connectivity index (χ1n) is 6.73. The van der Waals surface area contributed by atoms with E-state index in [1.165, 1.54) is 18.6 Å². The van der Waals surface area contributed by atoms with Crippen LogP contribution in [0.2, 0.25) is 0 Å². The second kappa shape index (κ2) is 5.19. The highest BCUT2D eigenvalue weighted by Gasteiger charge is 2.29. The molecule has 0 aliphatic heterocycles. The summed E-state index contributed by atoms with van der Waals surface area (Å²) in [6, 6.07) is 4.30. The molecule has 1 unspecified atom stereocenters. The lowest BCUT2D eigenvalue weighted by Crippen LogP contribution is -2.40. The van der Waals surface area contributed by atoms with Crippen molar-refractivity contribution in [3.8, 4) is 0 Å². The molecule has 0 radical (unpaired) electrons. The molecule has 1 fully saturated rings. The SMILES string of the molecule is CC1(C)CCCC(NC(=O)c2ccc(N)cc2F)C1. The molecular weight excluding hydrogens is 243 g/mol. The van der Waals surface area contributed by atoms with Crippen molar-refractivity contribution in [1.29, 1.82) is 0 Å². The van der Waals surface area contributed by atoms with E-state index >= 15 is 0 Å². The smallest absolute Gasteiger partial charge is 0.254 e. The van der Waals surface area contributed by atoms with E-state index in [1.54, 1.807) is 6.07 Å². The van der Waals surface area contributed by atoms with E-state index in [2.05, 4.69) is 19.2 Å². The maximum atomic E-state index is 13.7. The lowest BCUT2D eigenvalue weighted by molar-refractivity contribution is 0.0898. The first kappa shape index (κ1) is 13.8. The number of benzene rings is 1. The molecule has 0 saturated heterocycles. The molecule has 1 aromatic carbocycles. The predicted octanol–water partition coefficient (Wildman–Crippen LogP) is 3.11. The largest absolute Gasteiger partial charge is 0.399 e. The second-order valence-corrected chi connectivity index (χ2v) is 6.17. The monoisotopic (exact) mass is 264 g/mol. The third kappa shape index (κ3) is 3.46. The average molecular weight is 264 g/mol. The molecule has 3 N–H and O–H groups in total. The van der Waals surface area contributed by atoms with Gasteiger partial charge in [-0.3, -0.25) is 4.79 Å². The Bertz CT molecular complexity index is 485. The van der Waals surface area contributed by atoms with Crippen LogP contribution in [0.15, 0.2) is 18.2 Å². The van der Waals surface area contributed by atoms with Crippen molar-refractivity contribution in [1.82, 2.24) is 5.32 Å². The van der Waals surface area contributed by atoms with Crippen molar-refractivity contribution < 1.29 is 9.18 Å². The van der Waals surface area contributed by atoms with Crippen LogP contribution < -0.4 is 11.1 Å². The molecule has 1 aliphatic carbocycles. The zero-order valence-corrected chi connectivity index (χ0v) is 11.5. The summed E-state index contributed by atoms with van der Waals surface area (Å²) in [4.78, 5) is 12.1. The van der Waals surface area contributed by atoms with Gasteiger partial charge in [0.1, 0.15) is 5.82 Å². The minimum Gasteiger partial charge on any atom is -0.399 e. The Morgan fingerprint density at radius 2 is 2.21 bits per heavy atom. The van der Waals surface area contributed by atoms with Crippen LogP contribution in [0.25, 0.3) is 0 Å². The summed E-state index contributed by atoms with van der Waals surface area (Å²) in [5.41, 5.74) is 6.12. The van der Waals surface area contributed by atoms with Crippen molar-refractivity contribution in [2.75, 3.05) is 5.73 Å². The number of amides is 1. The molecule has 4 heteroatoms. The summed E-state index contributed by atoms with van der Waals surface area (Å²) in [6.45, 7) is 4.41. The van der Waals surface area contributed by atoms with Crippen LogP contribution in [0.1, 0.15) is 49.9 Å². The van der Waals surface area contributed by atoms with Crippen LogP contribution in [0.5, 0.6) is 0 Å². The second-order valence-electron chi connectivity index (χ2n) is 6.17. The maximum Gasteiger partial charge on any atom is 0.254 e. The van der Waals surface area contributed by atoms with Crippen LogP contribution >= 0.6 is 0 Å². The molecule has 1 atom stereocenters. The summed E-state index contributed by atoms with van der Waals surface area (Å²) >= 11 is 0. The van der Waals surface area contributed by atoms with E-state index in [4.69, 9.17) is 5.73 Å². The van der Waals surface area contributed by atoms with Crippen LogP contribution in [0, 0.1) is 11.2 Å². The number of anilines is 1. The molecule has 0 aromatic heterocycles. The van der Waals surface area contributed by atoms with E-state index in [1.807, 2.05) is 0 Å². The fraction of sp³-hybridized carbons (Fsp3) is 0.533. The van der Waals surface area contributed by atoms with Gasteiger partial charge in [0.25, 0.3) is 5.91 Å². The van der Waals surface area contributed by atoms with Gasteiger partial charge in [0.2, 0.25) is 0 Å². The summed E-state index contributed by atoms with van der Waals surface area (Å²) in [7, 11) is 0. The molecule has 0 spiro atoms. The van der Waals surface area contributed by atoms with Crippen molar-refractivity contribution in [3.05, 3.63) is 29.6 Å². The number of hydrogen-bond donors (Lipinski definition) is 2. The third-order valence-corrected chi connectivity index (χ3v) is 3.78. The standard InChI is InChI=1S/C15H21FN2O/c1-15(2)7-3-4-11(9-15)18-14(19)12-6-5-10(17)8-13(12)16/h5-6,8,11H,3-4,7,9,17H2,1-2H3,(H,18,19). The van der Waals surface area contributed by atoms with E-state index in [0.717, 1.165) is 19.3 Å². The predicted molar refractivity (Wildman–Crippen MR) is 74.3 cm³/mol. The fourth-order valence-electron chi connectivity index (χ4n) is 2.80. The van der Waals surface area contributed by atoms with Crippen molar-refractivity contribution in [2.24, 2.45) is 5.41 Å². The molecule has 0 bridgehead atoms. The highest BCUT2D eigenvalue weighted by atomic mass is 19.1. The number of hydrogen-bond acceptors (Lipinski definition) is 2. The summed E-state index contributed by atoms with van der Waals surface area (Å²) in [5.74, 6) is -0.909. The quantitative estimate of drug-likeness (QED) is 0.806. The molecule has 1 amide bonds. The number of halogens is 1. The van der Waals surface area contributed by atoms with E-state index in [-0.39, 0.29) is 22.9 Å². The Balaban J connectivity index is 2.04. The Labute approximate surface area is 113 Å². The van der Waals surface area contributed by atoms with E-state index in [9.17, 15) is 9.18 Å². The third-order valence-electron chi connectivity index (χ3n) is 3.78. The van der Waals surface area contributed by atoms with Crippen LogP contribution in [0.3, 0.4) is 0 Å². The lowest BCUT2D eigenvalue weighted by Gasteiger charge is -2.35. The van der Waals surface area contributed by atoms with Gasteiger partial charge in [-0.25, -0.2) is 4.39 Å². The molecule has 19 heavy (non-hydrogen) atoms. The number of nitrogen functional groups attached to an aromatic ring is 1. The van der Waals surface area contributed by atoms with Gasteiger partial charge < -0.3 is 11.1 Å². The molecule has 3 nitrogen and oxygen atoms in total. The van der Waals surface area contributed by atoms with Gasteiger partial charge >= 0.3 is 0 Å². The average Bonchev–Trinajstić information content (AvgIpc) is 2.27. The minimum atomic E-state index is -0.562. The molecule has 0 heterocycles. The van der Waals surface area contributed by atoms with Crippen molar-refractivity contribution >= 4 is 11.6 Å². The molecule has 104 valence electrons. The molecule has 2 rings (SSSR count). The normalized spacial score (nSPS) is 21.9. The first-order chi connectivity index (χ1) is 8.87. The minimum absolute atomic E-state index is 0.0672. The summed E-state index contributed by atoms with van der Waals surface area (Å²) < 4.78 is 13.7. The highest BCUT2D eigenvalue weighted by Crippen LogP contribution is 2.35. The van der Waals surface area contributed by atoms with Gasteiger partial charge in [-0.15, -0.1) is 0 Å². The summed E-state index contributed by atoms with van der Waals surface area (Å²) in [5, 5.41) is 2.93. The van der Waals surface area contributed by atoms with Crippen LogP contribution in [-0.4, -0.2) is 11.9 Å². The van der Waals surface area contributed by atoms with E-state index in [0.29, 0.717) is 5.69 Å². The fourth-order valence-corrected chi connectivity index (χ4v) is 2.80. The first-order valence-corrected chi connectivity index (χ1v) is 6.73. The number of nitrogens with two attached hydrogens (primary N) is 1. The molecular formula is C15H21FN2O. The van der Waals surface area contributed by atoms with Crippen LogP contribution in [-0.2, 0) is 0 Å². The number of carbonyl (C=O) groups excluding carboxylic acids is 1. The topological polar surface area (TPSA) is 55.1 Å². The molecule has 1 saturated carbocycles. The Kier molecular flexibility index (Phi) is 3.78. The van der Waals surface area contributed by atoms with Gasteiger partial charge in [-0.2, -0.15) is 0 Å². The number of nitrogens with one attached hydrogen (secondary N) is 1. The molecule has 1 aliphatic rings. The van der Waals surface area contributed by atoms with Crippen molar-refractivity contribution in [2.45, 2.75) is 45.6 Å². The van der Waals surface area contributed by atoms with Gasteiger partial charge in [-0.05, 0) is 42.9 Å². The lowest BCUT2D eigenvalue weighted by atomic mass is 9.75. The summed E-state index contributed by atoms with van der Waals surface area (Å²) in [6.07, 6.45) is 4.18. The highest BCUT2D eigenvalue weighted by molar-refractivity contribution is 5.95. The number of rotatable bonds is 2. The Hall–Kier alpha value is -1.58. The van der Waals surface area contributed by atoms with Gasteiger partial charge in [0.05, 0.1) is 5.56 Å². The Morgan fingerprint density at radius 1 is 1.47 bits per heavy atom.